The van der Waals surface area contributed by atoms with Gasteiger partial charge in [0.1, 0.15) is 0 Å². The molecule has 98 valence electrons. The molecule has 0 aromatic heterocycles. The number of likely N-dealkylation sites (N-methyl/N-ethyl adjacent to an activating group) is 2. The summed E-state index contributed by atoms with van der Waals surface area (Å²) < 4.78 is 0. The van der Waals surface area contributed by atoms with Crippen molar-refractivity contribution in [1.82, 2.24) is 15.1 Å². The molecule has 0 aliphatic carbocycles. The predicted octanol–water partition coefficient (Wildman–Crippen LogP) is 1.51. The van der Waals surface area contributed by atoms with E-state index in [0.717, 1.165) is 19.6 Å². The molecule has 0 radical (unpaired) electrons. The first-order valence-electron chi connectivity index (χ1n) is 6.41. The maximum absolute atomic E-state index is 3.33. The molecule has 0 aliphatic rings. The Labute approximate surface area is 102 Å². The van der Waals surface area contributed by atoms with E-state index in [2.05, 4.69) is 50.1 Å². The van der Waals surface area contributed by atoms with Crippen LogP contribution in [0.5, 0.6) is 0 Å². The first-order chi connectivity index (χ1) is 7.43. The highest BCUT2D eigenvalue weighted by Gasteiger charge is 2.24. The van der Waals surface area contributed by atoms with Crippen molar-refractivity contribution in [2.75, 3.05) is 54.4 Å². The van der Waals surface area contributed by atoms with Gasteiger partial charge in [0, 0.05) is 26.2 Å². The zero-order chi connectivity index (χ0) is 12.6. The largest absolute Gasteiger partial charge is 0.319 e. The molecule has 0 fully saturated rings. The highest BCUT2D eigenvalue weighted by atomic mass is 15.2. The van der Waals surface area contributed by atoms with Crippen LogP contribution in [-0.4, -0.2) is 64.2 Å². The number of rotatable bonds is 9. The van der Waals surface area contributed by atoms with E-state index < -0.39 is 0 Å². The van der Waals surface area contributed by atoms with Crippen molar-refractivity contribution in [1.29, 1.82) is 0 Å². The third-order valence-electron chi connectivity index (χ3n) is 3.04. The Kier molecular flexibility index (Phi) is 7.98. The number of nitrogens with zero attached hydrogens (tertiary/aromatic N) is 2. The maximum Gasteiger partial charge on any atom is 0.0106 e. The fraction of sp³-hybridized carbons (Fsp3) is 1.00. The van der Waals surface area contributed by atoms with Crippen molar-refractivity contribution >= 4 is 0 Å². The van der Waals surface area contributed by atoms with Crippen LogP contribution >= 0.6 is 0 Å². The first-order valence-corrected chi connectivity index (χ1v) is 6.41. The Morgan fingerprint density at radius 2 is 1.75 bits per heavy atom. The Morgan fingerprint density at radius 1 is 1.12 bits per heavy atom. The van der Waals surface area contributed by atoms with Crippen molar-refractivity contribution < 1.29 is 0 Å². The molecular weight excluding hydrogens is 198 g/mol. The molecule has 0 bridgehead atoms. The summed E-state index contributed by atoms with van der Waals surface area (Å²) in [6, 6.07) is 0. The average Bonchev–Trinajstić information content (AvgIpc) is 2.15. The van der Waals surface area contributed by atoms with Gasteiger partial charge in [-0.25, -0.2) is 0 Å². The first kappa shape index (κ1) is 15.9. The molecule has 0 saturated carbocycles. The summed E-state index contributed by atoms with van der Waals surface area (Å²) in [4.78, 5) is 4.69. The minimum absolute atomic E-state index is 0.407. The Hall–Kier alpha value is -0.120. The van der Waals surface area contributed by atoms with Crippen LogP contribution in [0.4, 0.5) is 0 Å². The molecule has 1 atom stereocenters. The van der Waals surface area contributed by atoms with Crippen LogP contribution in [0.3, 0.4) is 0 Å². The van der Waals surface area contributed by atoms with Gasteiger partial charge in [-0.15, -0.1) is 0 Å². The molecule has 1 unspecified atom stereocenters. The Balaban J connectivity index is 4.06. The third-order valence-corrected chi connectivity index (χ3v) is 3.04. The van der Waals surface area contributed by atoms with E-state index >= 15 is 0 Å². The fourth-order valence-corrected chi connectivity index (χ4v) is 2.36. The van der Waals surface area contributed by atoms with Gasteiger partial charge in [0.2, 0.25) is 0 Å². The lowest BCUT2D eigenvalue weighted by atomic mass is 9.85. The summed E-state index contributed by atoms with van der Waals surface area (Å²) in [5, 5.41) is 3.33. The van der Waals surface area contributed by atoms with Crippen LogP contribution in [0.15, 0.2) is 0 Å². The quantitative estimate of drug-likeness (QED) is 0.646. The number of hydrogen-bond donors (Lipinski definition) is 1. The van der Waals surface area contributed by atoms with Gasteiger partial charge in [-0.2, -0.15) is 0 Å². The Bertz CT molecular complexity index is 163. The van der Waals surface area contributed by atoms with Gasteiger partial charge in [-0.1, -0.05) is 20.3 Å². The summed E-state index contributed by atoms with van der Waals surface area (Å²) in [6.45, 7) is 9.23. The van der Waals surface area contributed by atoms with Gasteiger partial charge in [0.25, 0.3) is 0 Å². The molecule has 1 N–H and O–H groups in total. The molecular formula is C13H31N3. The van der Waals surface area contributed by atoms with Gasteiger partial charge >= 0.3 is 0 Å². The molecule has 3 heteroatoms. The van der Waals surface area contributed by atoms with Gasteiger partial charge in [-0.3, -0.25) is 0 Å². The molecule has 0 spiro atoms. The lowest BCUT2D eigenvalue weighted by molar-refractivity contribution is 0.166. The van der Waals surface area contributed by atoms with Crippen LogP contribution in [0.1, 0.15) is 26.7 Å². The van der Waals surface area contributed by atoms with Gasteiger partial charge < -0.3 is 15.1 Å². The van der Waals surface area contributed by atoms with Crippen LogP contribution in [0, 0.1) is 5.41 Å². The SMILES string of the molecule is CCCC(C)(CNC)CN(C)CCN(C)C. The van der Waals surface area contributed by atoms with Gasteiger partial charge in [0.05, 0.1) is 0 Å². The normalized spacial score (nSPS) is 15.8. The van der Waals surface area contributed by atoms with E-state index in [1.165, 1.54) is 19.4 Å². The van der Waals surface area contributed by atoms with E-state index in [9.17, 15) is 0 Å². The van der Waals surface area contributed by atoms with Crippen molar-refractivity contribution in [3.8, 4) is 0 Å². The second kappa shape index (κ2) is 8.04. The van der Waals surface area contributed by atoms with Gasteiger partial charge in [0.15, 0.2) is 0 Å². The van der Waals surface area contributed by atoms with Crippen LogP contribution in [-0.2, 0) is 0 Å². The molecule has 0 aliphatic heterocycles. The highest BCUT2D eigenvalue weighted by Crippen LogP contribution is 2.23. The zero-order valence-electron chi connectivity index (χ0n) is 12.1. The standard InChI is InChI=1S/C13H31N3/c1-7-8-13(2,11-14-3)12-16(6)10-9-15(4)5/h14H,7-12H2,1-6H3. The van der Waals surface area contributed by atoms with Gasteiger partial charge in [-0.05, 0) is 40.0 Å². The molecule has 16 heavy (non-hydrogen) atoms. The lowest BCUT2D eigenvalue weighted by Gasteiger charge is -2.34. The van der Waals surface area contributed by atoms with Crippen LogP contribution < -0.4 is 5.32 Å². The number of nitrogens with one attached hydrogen (secondary N) is 1. The van der Waals surface area contributed by atoms with E-state index in [0.29, 0.717) is 5.41 Å². The molecule has 0 rings (SSSR count). The van der Waals surface area contributed by atoms with E-state index in [1.807, 2.05) is 7.05 Å². The zero-order valence-corrected chi connectivity index (χ0v) is 12.1. The molecule has 0 heterocycles. The van der Waals surface area contributed by atoms with E-state index in [1.54, 1.807) is 0 Å². The maximum atomic E-state index is 3.33. The van der Waals surface area contributed by atoms with E-state index in [-0.39, 0.29) is 0 Å². The average molecular weight is 229 g/mol. The molecule has 3 nitrogen and oxygen atoms in total. The van der Waals surface area contributed by atoms with Crippen molar-refractivity contribution in [2.24, 2.45) is 5.41 Å². The van der Waals surface area contributed by atoms with Crippen LogP contribution in [0.2, 0.25) is 0 Å². The van der Waals surface area contributed by atoms with Crippen molar-refractivity contribution in [3.05, 3.63) is 0 Å². The lowest BCUT2D eigenvalue weighted by Crippen LogP contribution is -2.42. The summed E-state index contributed by atoms with van der Waals surface area (Å²) >= 11 is 0. The Morgan fingerprint density at radius 3 is 2.19 bits per heavy atom. The second-order valence-corrected chi connectivity index (χ2v) is 5.63. The fourth-order valence-electron chi connectivity index (χ4n) is 2.36. The molecule has 0 saturated heterocycles. The number of hydrogen-bond acceptors (Lipinski definition) is 3. The molecule has 0 aromatic carbocycles. The van der Waals surface area contributed by atoms with Crippen molar-refractivity contribution in [2.45, 2.75) is 26.7 Å². The third kappa shape index (κ3) is 7.20. The smallest absolute Gasteiger partial charge is 0.0106 e. The highest BCUT2D eigenvalue weighted by molar-refractivity contribution is 4.79. The van der Waals surface area contributed by atoms with Crippen LogP contribution in [0.25, 0.3) is 0 Å². The minimum atomic E-state index is 0.407. The predicted molar refractivity (Wildman–Crippen MR) is 73.0 cm³/mol. The second-order valence-electron chi connectivity index (χ2n) is 5.63. The molecule has 0 aromatic rings. The summed E-state index contributed by atoms with van der Waals surface area (Å²) in [5.74, 6) is 0. The van der Waals surface area contributed by atoms with E-state index in [4.69, 9.17) is 0 Å². The molecule has 0 amide bonds. The summed E-state index contributed by atoms with van der Waals surface area (Å²) in [7, 11) is 8.54. The summed E-state index contributed by atoms with van der Waals surface area (Å²) in [6.07, 6.45) is 2.56. The summed E-state index contributed by atoms with van der Waals surface area (Å²) in [5.41, 5.74) is 0.407. The van der Waals surface area contributed by atoms with Crippen molar-refractivity contribution in [3.63, 3.8) is 0 Å². The monoisotopic (exact) mass is 229 g/mol. The topological polar surface area (TPSA) is 18.5 Å². The minimum Gasteiger partial charge on any atom is -0.319 e.